The highest BCUT2D eigenvalue weighted by molar-refractivity contribution is 6.42. The minimum atomic E-state index is -0.136. The van der Waals surface area contributed by atoms with Crippen molar-refractivity contribution in [3.05, 3.63) is 57.5 Å². The Morgan fingerprint density at radius 2 is 2.12 bits per heavy atom. The highest BCUT2D eigenvalue weighted by Crippen LogP contribution is 2.28. The number of halogens is 2. The molecule has 1 aromatic heterocycles. The fourth-order valence-electron chi connectivity index (χ4n) is 1.72. The van der Waals surface area contributed by atoms with Crippen LogP contribution in [0.4, 0.5) is 0 Å². The third-order valence-corrected chi connectivity index (χ3v) is 3.51. The summed E-state index contributed by atoms with van der Waals surface area (Å²) >= 11 is 12.1. The molecule has 1 unspecified atom stereocenters. The lowest BCUT2D eigenvalue weighted by molar-refractivity contribution is 0.528. The summed E-state index contributed by atoms with van der Waals surface area (Å²) in [5.41, 5.74) is 8.02. The van der Waals surface area contributed by atoms with Crippen molar-refractivity contribution < 1.29 is 4.42 Å². The van der Waals surface area contributed by atoms with Crippen LogP contribution in [-0.2, 0) is 6.42 Å². The molecule has 2 nitrogen and oxygen atoms in total. The fourth-order valence-corrected chi connectivity index (χ4v) is 2.12. The molecule has 0 aliphatic heterocycles. The molecule has 90 valence electrons. The average Bonchev–Trinajstić information content (AvgIpc) is 2.72. The van der Waals surface area contributed by atoms with Crippen molar-refractivity contribution in [2.75, 3.05) is 0 Å². The van der Waals surface area contributed by atoms with E-state index < -0.39 is 0 Å². The first-order valence-corrected chi connectivity index (χ1v) is 6.07. The Hall–Kier alpha value is -0.960. The molecule has 0 radical (unpaired) electrons. The lowest BCUT2D eigenvalue weighted by atomic mass is 10.0. The number of hydrogen-bond acceptors (Lipinski definition) is 2. The Kier molecular flexibility index (Phi) is 3.77. The number of furan rings is 1. The van der Waals surface area contributed by atoms with E-state index in [1.165, 1.54) is 0 Å². The van der Waals surface area contributed by atoms with Gasteiger partial charge in [0.2, 0.25) is 0 Å². The van der Waals surface area contributed by atoms with E-state index in [9.17, 15) is 0 Å². The summed E-state index contributed by atoms with van der Waals surface area (Å²) in [5, 5.41) is 1.13. The zero-order chi connectivity index (χ0) is 12.4. The molecule has 2 N–H and O–H groups in total. The van der Waals surface area contributed by atoms with Crippen molar-refractivity contribution in [2.24, 2.45) is 5.73 Å². The molecule has 4 heteroatoms. The summed E-state index contributed by atoms with van der Waals surface area (Å²) in [6.45, 7) is 1.89. The third-order valence-electron chi connectivity index (χ3n) is 2.65. The second-order valence-electron chi connectivity index (χ2n) is 4.01. The maximum absolute atomic E-state index is 6.12. The highest BCUT2D eigenvalue weighted by atomic mass is 35.5. The first-order chi connectivity index (χ1) is 8.08. The van der Waals surface area contributed by atoms with Gasteiger partial charge < -0.3 is 10.2 Å². The number of nitrogens with two attached hydrogens (primary N) is 1. The van der Waals surface area contributed by atoms with E-state index in [2.05, 4.69) is 0 Å². The zero-order valence-corrected chi connectivity index (χ0v) is 10.9. The van der Waals surface area contributed by atoms with Crippen LogP contribution in [0.5, 0.6) is 0 Å². The molecule has 17 heavy (non-hydrogen) atoms. The van der Waals surface area contributed by atoms with Gasteiger partial charge in [0, 0.05) is 11.6 Å². The van der Waals surface area contributed by atoms with E-state index >= 15 is 0 Å². The largest absolute Gasteiger partial charge is 0.469 e. The van der Waals surface area contributed by atoms with Gasteiger partial charge in [-0.3, -0.25) is 0 Å². The van der Waals surface area contributed by atoms with Crippen molar-refractivity contribution in [3.63, 3.8) is 0 Å². The van der Waals surface area contributed by atoms with Gasteiger partial charge in [0.15, 0.2) is 0 Å². The van der Waals surface area contributed by atoms with Crippen LogP contribution in [-0.4, -0.2) is 0 Å². The van der Waals surface area contributed by atoms with Gasteiger partial charge in [0.05, 0.1) is 16.3 Å². The zero-order valence-electron chi connectivity index (χ0n) is 9.41. The van der Waals surface area contributed by atoms with E-state index in [1.807, 2.05) is 25.1 Å². The van der Waals surface area contributed by atoms with E-state index in [-0.39, 0.29) is 6.04 Å². The molecule has 0 fully saturated rings. The molecule has 0 bridgehead atoms. The summed E-state index contributed by atoms with van der Waals surface area (Å²) in [7, 11) is 0. The fraction of sp³-hybridized carbons (Fsp3) is 0.231. The second kappa shape index (κ2) is 5.13. The topological polar surface area (TPSA) is 39.2 Å². The van der Waals surface area contributed by atoms with Crippen LogP contribution in [0.25, 0.3) is 0 Å². The van der Waals surface area contributed by atoms with Crippen molar-refractivity contribution in [2.45, 2.75) is 19.4 Å². The van der Waals surface area contributed by atoms with Crippen molar-refractivity contribution >= 4 is 23.2 Å². The minimum Gasteiger partial charge on any atom is -0.469 e. The van der Waals surface area contributed by atoms with Crippen LogP contribution in [0.2, 0.25) is 10.0 Å². The molecule has 0 saturated heterocycles. The second-order valence-corrected chi connectivity index (χ2v) is 4.80. The molecule has 0 amide bonds. The Labute approximate surface area is 110 Å². The Morgan fingerprint density at radius 3 is 2.76 bits per heavy atom. The monoisotopic (exact) mass is 269 g/mol. The van der Waals surface area contributed by atoms with Crippen LogP contribution in [0.1, 0.15) is 22.9 Å². The van der Waals surface area contributed by atoms with Crippen molar-refractivity contribution in [3.8, 4) is 0 Å². The summed E-state index contributed by atoms with van der Waals surface area (Å²) in [5.74, 6) is 0.854. The predicted octanol–water partition coefficient (Wildman–Crippen LogP) is 4.14. The highest BCUT2D eigenvalue weighted by Gasteiger charge is 2.12. The van der Waals surface area contributed by atoms with E-state index in [0.29, 0.717) is 16.5 Å². The quantitative estimate of drug-likeness (QED) is 0.910. The normalized spacial score (nSPS) is 12.7. The summed E-state index contributed by atoms with van der Waals surface area (Å²) < 4.78 is 5.24. The van der Waals surface area contributed by atoms with Gasteiger partial charge in [-0.15, -0.1) is 0 Å². The maximum Gasteiger partial charge on any atom is 0.101 e. The molecule has 0 spiro atoms. The minimum absolute atomic E-state index is 0.136. The van der Waals surface area contributed by atoms with E-state index in [1.54, 1.807) is 12.3 Å². The summed E-state index contributed by atoms with van der Waals surface area (Å²) in [4.78, 5) is 0. The SMILES string of the molecule is Cc1cc(C(N)Cc2cccc(Cl)c2Cl)co1. The standard InChI is InChI=1S/C13H13Cl2NO/c1-8-5-10(7-17-8)12(16)6-9-3-2-4-11(14)13(9)15/h2-5,7,12H,6,16H2,1H3. The average molecular weight is 270 g/mol. The van der Waals surface area contributed by atoms with E-state index in [0.717, 1.165) is 16.9 Å². The van der Waals surface area contributed by atoms with Crippen LogP contribution in [0, 0.1) is 6.92 Å². The molecule has 0 saturated carbocycles. The molecular formula is C13H13Cl2NO. The summed E-state index contributed by atoms with van der Waals surface area (Å²) in [6.07, 6.45) is 2.32. The van der Waals surface area contributed by atoms with Gasteiger partial charge in [-0.25, -0.2) is 0 Å². The van der Waals surface area contributed by atoms with E-state index in [4.69, 9.17) is 33.4 Å². The van der Waals surface area contributed by atoms with Crippen molar-refractivity contribution in [1.29, 1.82) is 0 Å². The Bertz CT molecular complexity index is 522. The maximum atomic E-state index is 6.12. The van der Waals surface area contributed by atoms with Crippen LogP contribution >= 0.6 is 23.2 Å². The molecule has 1 aromatic carbocycles. The Balaban J connectivity index is 2.18. The van der Waals surface area contributed by atoms with Crippen LogP contribution in [0.15, 0.2) is 34.9 Å². The number of aryl methyl sites for hydroxylation is 1. The van der Waals surface area contributed by atoms with Crippen LogP contribution in [0.3, 0.4) is 0 Å². The molecule has 1 atom stereocenters. The van der Waals surface area contributed by atoms with Gasteiger partial charge in [-0.05, 0) is 31.0 Å². The van der Waals surface area contributed by atoms with Gasteiger partial charge in [0.1, 0.15) is 5.76 Å². The number of rotatable bonds is 3. The molecule has 0 aliphatic carbocycles. The van der Waals surface area contributed by atoms with Crippen LogP contribution < -0.4 is 5.73 Å². The van der Waals surface area contributed by atoms with Gasteiger partial charge in [-0.1, -0.05) is 35.3 Å². The molecule has 2 aromatic rings. The smallest absolute Gasteiger partial charge is 0.101 e. The third kappa shape index (κ3) is 2.83. The van der Waals surface area contributed by atoms with Gasteiger partial charge in [-0.2, -0.15) is 0 Å². The van der Waals surface area contributed by atoms with Crippen molar-refractivity contribution in [1.82, 2.24) is 0 Å². The lowest BCUT2D eigenvalue weighted by Crippen LogP contribution is -2.12. The summed E-state index contributed by atoms with van der Waals surface area (Å²) in [6, 6.07) is 7.37. The number of benzene rings is 1. The lowest BCUT2D eigenvalue weighted by Gasteiger charge is -2.11. The molecule has 2 rings (SSSR count). The number of hydrogen-bond donors (Lipinski definition) is 1. The molecule has 0 aliphatic rings. The van der Waals surface area contributed by atoms with Gasteiger partial charge >= 0.3 is 0 Å². The molecular weight excluding hydrogens is 257 g/mol. The first kappa shape index (κ1) is 12.5. The molecule has 1 heterocycles. The Morgan fingerprint density at radius 1 is 1.35 bits per heavy atom. The predicted molar refractivity (Wildman–Crippen MR) is 70.5 cm³/mol. The van der Waals surface area contributed by atoms with Gasteiger partial charge in [0.25, 0.3) is 0 Å². The first-order valence-electron chi connectivity index (χ1n) is 5.31.